The number of fused-ring (bicyclic) bond motifs is 1. The highest BCUT2D eigenvalue weighted by Gasteiger charge is 2.25. The lowest BCUT2D eigenvalue weighted by Crippen LogP contribution is -2.44. The second-order valence-corrected chi connectivity index (χ2v) is 5.83. The number of carboxylic acid groups (broad SMARTS) is 1. The summed E-state index contributed by atoms with van der Waals surface area (Å²) in [5, 5.41) is 19.3. The summed E-state index contributed by atoms with van der Waals surface area (Å²) >= 11 is 0. The monoisotopic (exact) mass is 336 g/mol. The molecule has 0 saturated carbocycles. The molecule has 2 aromatic rings. The van der Waals surface area contributed by atoms with Crippen LogP contribution in [-0.4, -0.2) is 59.0 Å². The number of nitrogen functional groups attached to an aromatic ring is 1. The Kier molecular flexibility index (Phi) is 3.80. The van der Waals surface area contributed by atoms with Gasteiger partial charge in [0.15, 0.2) is 11.6 Å². The molecule has 24 heavy (non-hydrogen) atoms. The number of nitrogens with two attached hydrogens (primary N) is 1. The van der Waals surface area contributed by atoms with Gasteiger partial charge in [-0.3, -0.25) is 9.47 Å². The largest absolute Gasteiger partial charge is 0.504 e. The van der Waals surface area contributed by atoms with Crippen molar-refractivity contribution in [1.82, 2.24) is 9.58 Å². The number of phenolic OH excluding ortho intramolecular Hbond substituents is 1. The van der Waals surface area contributed by atoms with Crippen LogP contribution in [0.2, 0.25) is 0 Å². The first-order valence-corrected chi connectivity index (χ1v) is 7.34. The number of hydrogen-bond acceptors (Lipinski definition) is 6. The van der Waals surface area contributed by atoms with Crippen molar-refractivity contribution in [2.24, 2.45) is 0 Å². The maximum atomic E-state index is 14.6. The van der Waals surface area contributed by atoms with E-state index in [9.17, 15) is 19.1 Å². The molecule has 0 atom stereocenters. The number of pyridine rings is 1. The topological polar surface area (TPSA) is 112 Å². The molecule has 3 rings (SSSR count). The van der Waals surface area contributed by atoms with Crippen LogP contribution in [0.4, 0.5) is 10.1 Å². The van der Waals surface area contributed by atoms with Gasteiger partial charge < -0.3 is 25.9 Å². The van der Waals surface area contributed by atoms with Crippen molar-refractivity contribution >= 4 is 22.6 Å². The van der Waals surface area contributed by atoms with E-state index in [2.05, 4.69) is 4.90 Å². The number of rotatable bonds is 2. The normalized spacial score (nSPS) is 15.8. The number of likely N-dealkylation sites (N-methyl/N-ethyl adjacent to an activating group) is 1. The number of halogens is 1. The van der Waals surface area contributed by atoms with Crippen LogP contribution < -0.4 is 16.2 Å². The molecule has 9 heteroatoms. The second kappa shape index (κ2) is 5.68. The lowest BCUT2D eigenvalue weighted by molar-refractivity contribution is 0.0695. The van der Waals surface area contributed by atoms with Crippen LogP contribution in [0.15, 0.2) is 17.1 Å². The van der Waals surface area contributed by atoms with Gasteiger partial charge in [0.05, 0.1) is 5.39 Å². The van der Waals surface area contributed by atoms with E-state index in [1.165, 1.54) is 0 Å². The Bertz CT molecular complexity index is 887. The van der Waals surface area contributed by atoms with E-state index in [-0.39, 0.29) is 16.6 Å². The third-order valence-corrected chi connectivity index (χ3v) is 4.27. The first kappa shape index (κ1) is 16.1. The molecule has 1 aliphatic heterocycles. The van der Waals surface area contributed by atoms with E-state index in [1.54, 1.807) is 4.90 Å². The number of hydrogen-bond donors (Lipinski definition) is 3. The fourth-order valence-corrected chi connectivity index (χ4v) is 2.94. The van der Waals surface area contributed by atoms with Crippen LogP contribution in [0.5, 0.6) is 5.75 Å². The molecule has 0 amide bonds. The molecule has 0 radical (unpaired) electrons. The Labute approximate surface area is 136 Å². The summed E-state index contributed by atoms with van der Waals surface area (Å²) in [5.41, 5.74) is -1.60. The highest BCUT2D eigenvalue weighted by atomic mass is 19.1. The van der Waals surface area contributed by atoms with Crippen LogP contribution in [0, 0.1) is 5.82 Å². The van der Waals surface area contributed by atoms with Crippen molar-refractivity contribution < 1.29 is 19.4 Å². The predicted molar refractivity (Wildman–Crippen MR) is 86.7 cm³/mol. The molecule has 1 saturated heterocycles. The van der Waals surface area contributed by atoms with Gasteiger partial charge in [-0.25, -0.2) is 9.18 Å². The summed E-state index contributed by atoms with van der Waals surface area (Å²) in [4.78, 5) is 27.1. The van der Waals surface area contributed by atoms with Crippen LogP contribution in [-0.2, 0) is 0 Å². The Balaban J connectivity index is 2.24. The molecule has 0 bridgehead atoms. The standard InChI is InChI=1S/C15H17FN4O4/c1-18-2-4-19(5-3-18)12-10(16)6-8-11(14(12)22)20(17)7-9(13(8)21)15(23)24/h6-7,22H,2-5,17H2,1H3,(H,23,24). The zero-order valence-electron chi connectivity index (χ0n) is 13.0. The van der Waals surface area contributed by atoms with Gasteiger partial charge in [-0.15, -0.1) is 0 Å². The van der Waals surface area contributed by atoms with Crippen molar-refractivity contribution in [2.75, 3.05) is 44.0 Å². The summed E-state index contributed by atoms with van der Waals surface area (Å²) in [6, 6.07) is 0.931. The molecule has 1 aromatic heterocycles. The minimum Gasteiger partial charge on any atom is -0.504 e. The molecule has 1 aromatic carbocycles. The lowest BCUT2D eigenvalue weighted by Gasteiger charge is -2.34. The van der Waals surface area contributed by atoms with Crippen molar-refractivity contribution in [3.05, 3.63) is 33.9 Å². The fraction of sp³-hybridized carbons (Fsp3) is 0.333. The van der Waals surface area contributed by atoms with Gasteiger partial charge in [-0.2, -0.15) is 0 Å². The number of carbonyl (C=O) groups is 1. The molecule has 2 heterocycles. The summed E-state index contributed by atoms with van der Waals surface area (Å²) in [7, 11) is 1.94. The number of phenols is 1. The Morgan fingerprint density at radius 3 is 2.50 bits per heavy atom. The van der Waals surface area contributed by atoms with E-state index >= 15 is 0 Å². The number of piperazine rings is 1. The van der Waals surface area contributed by atoms with E-state index in [1.807, 2.05) is 7.05 Å². The van der Waals surface area contributed by atoms with Crippen LogP contribution in [0.3, 0.4) is 0 Å². The van der Waals surface area contributed by atoms with Gasteiger partial charge in [-0.05, 0) is 13.1 Å². The Morgan fingerprint density at radius 1 is 1.29 bits per heavy atom. The lowest BCUT2D eigenvalue weighted by atomic mass is 10.1. The fourth-order valence-electron chi connectivity index (χ4n) is 2.94. The van der Waals surface area contributed by atoms with Gasteiger partial charge in [-0.1, -0.05) is 0 Å². The summed E-state index contributed by atoms with van der Waals surface area (Å²) in [5.74, 6) is 3.02. The van der Waals surface area contributed by atoms with Crippen molar-refractivity contribution in [2.45, 2.75) is 0 Å². The van der Waals surface area contributed by atoms with Gasteiger partial charge in [0, 0.05) is 32.4 Å². The molecule has 128 valence electrons. The summed E-state index contributed by atoms with van der Waals surface area (Å²) in [6.45, 7) is 2.41. The molecule has 1 aliphatic rings. The molecule has 0 spiro atoms. The number of nitrogens with zero attached hydrogens (tertiary/aromatic N) is 3. The minimum absolute atomic E-state index is 0.0303. The Morgan fingerprint density at radius 2 is 1.92 bits per heavy atom. The first-order valence-electron chi connectivity index (χ1n) is 7.34. The highest BCUT2D eigenvalue weighted by molar-refractivity contribution is 5.96. The summed E-state index contributed by atoms with van der Waals surface area (Å²) in [6.07, 6.45) is 0.915. The highest BCUT2D eigenvalue weighted by Crippen LogP contribution is 2.36. The molecule has 4 N–H and O–H groups in total. The molecule has 0 unspecified atom stereocenters. The zero-order valence-corrected chi connectivity index (χ0v) is 13.0. The number of aromatic nitrogens is 1. The van der Waals surface area contributed by atoms with E-state index in [4.69, 9.17) is 10.9 Å². The third-order valence-electron chi connectivity index (χ3n) is 4.27. The quantitative estimate of drug-likeness (QED) is 0.662. The smallest absolute Gasteiger partial charge is 0.341 e. The number of benzene rings is 1. The van der Waals surface area contributed by atoms with Crippen molar-refractivity contribution in [3.63, 3.8) is 0 Å². The van der Waals surface area contributed by atoms with E-state index < -0.39 is 28.5 Å². The molecule has 1 fully saturated rings. The first-order chi connectivity index (χ1) is 11.3. The average molecular weight is 336 g/mol. The van der Waals surface area contributed by atoms with Crippen LogP contribution in [0.1, 0.15) is 10.4 Å². The third kappa shape index (κ3) is 2.42. The van der Waals surface area contributed by atoms with Crippen LogP contribution >= 0.6 is 0 Å². The number of aromatic hydroxyl groups is 1. The Hall–Kier alpha value is -2.81. The average Bonchev–Trinajstić information content (AvgIpc) is 2.51. The maximum Gasteiger partial charge on any atom is 0.341 e. The van der Waals surface area contributed by atoms with E-state index in [0.717, 1.165) is 16.9 Å². The maximum absolute atomic E-state index is 14.6. The van der Waals surface area contributed by atoms with Crippen molar-refractivity contribution in [1.29, 1.82) is 0 Å². The second-order valence-electron chi connectivity index (χ2n) is 5.83. The van der Waals surface area contributed by atoms with E-state index in [0.29, 0.717) is 26.2 Å². The number of anilines is 1. The SMILES string of the molecule is CN1CCN(c2c(F)cc3c(=O)c(C(=O)O)cn(N)c3c2O)CC1. The van der Waals surface area contributed by atoms with Gasteiger partial charge in [0.25, 0.3) is 0 Å². The number of aromatic carboxylic acids is 1. The van der Waals surface area contributed by atoms with Crippen LogP contribution in [0.25, 0.3) is 10.9 Å². The van der Waals surface area contributed by atoms with Gasteiger partial charge in [0.2, 0.25) is 5.43 Å². The summed E-state index contributed by atoms with van der Waals surface area (Å²) < 4.78 is 15.4. The zero-order chi connectivity index (χ0) is 17.6. The van der Waals surface area contributed by atoms with Gasteiger partial charge in [0.1, 0.15) is 16.8 Å². The molecular formula is C15H17FN4O4. The van der Waals surface area contributed by atoms with Gasteiger partial charge >= 0.3 is 5.97 Å². The number of carboxylic acids is 1. The predicted octanol–water partition coefficient (Wildman–Crippen LogP) is 0.0100. The minimum atomic E-state index is -1.47. The molecule has 8 nitrogen and oxygen atoms in total. The molecular weight excluding hydrogens is 319 g/mol. The molecule has 0 aliphatic carbocycles. The van der Waals surface area contributed by atoms with Crippen molar-refractivity contribution in [3.8, 4) is 5.75 Å².